The van der Waals surface area contributed by atoms with Gasteiger partial charge >= 0.3 is 12.1 Å². The number of hydrogen-bond acceptors (Lipinski definition) is 5. The van der Waals surface area contributed by atoms with E-state index in [4.69, 9.17) is 10.2 Å². The largest absolute Gasteiger partial charge is 0.480 e. The molecule has 1 aliphatic rings. The molecule has 0 radical (unpaired) electrons. The molecule has 0 aromatic carbocycles. The van der Waals surface area contributed by atoms with E-state index in [0.717, 1.165) is 12.8 Å². The van der Waals surface area contributed by atoms with E-state index in [0.29, 0.717) is 19.5 Å². The first kappa shape index (κ1) is 15.7. The van der Waals surface area contributed by atoms with Crippen molar-refractivity contribution in [2.24, 2.45) is 5.92 Å². The molecular formula is C12H22N2O5. The van der Waals surface area contributed by atoms with Gasteiger partial charge in [0.25, 0.3) is 0 Å². The van der Waals surface area contributed by atoms with Crippen LogP contribution in [0.15, 0.2) is 0 Å². The summed E-state index contributed by atoms with van der Waals surface area (Å²) >= 11 is 0. The number of nitrogens with zero attached hydrogens (tertiary/aromatic N) is 1. The number of rotatable bonds is 6. The number of methoxy groups -OCH3 is 1. The van der Waals surface area contributed by atoms with Crippen molar-refractivity contribution in [1.82, 2.24) is 10.2 Å². The van der Waals surface area contributed by atoms with E-state index in [9.17, 15) is 9.59 Å². The molecule has 3 N–H and O–H groups in total. The predicted octanol–water partition coefficient (Wildman–Crippen LogP) is -0.110. The number of carboxylic acids is 1. The summed E-state index contributed by atoms with van der Waals surface area (Å²) in [5, 5.41) is 20.4. The van der Waals surface area contributed by atoms with E-state index >= 15 is 0 Å². The zero-order valence-corrected chi connectivity index (χ0v) is 11.2. The van der Waals surface area contributed by atoms with Crippen LogP contribution in [0.5, 0.6) is 0 Å². The predicted molar refractivity (Wildman–Crippen MR) is 67.8 cm³/mol. The van der Waals surface area contributed by atoms with Crippen LogP contribution >= 0.6 is 0 Å². The van der Waals surface area contributed by atoms with Gasteiger partial charge in [-0.1, -0.05) is 0 Å². The van der Waals surface area contributed by atoms with Gasteiger partial charge in [-0.25, -0.2) is 4.79 Å². The fourth-order valence-electron chi connectivity index (χ4n) is 2.54. The number of nitrogens with one attached hydrogen (secondary N) is 1. The van der Waals surface area contributed by atoms with Gasteiger partial charge in [-0.2, -0.15) is 0 Å². The summed E-state index contributed by atoms with van der Waals surface area (Å²) < 4.78 is 4.56. The number of hydrogen-bond donors (Lipinski definition) is 3. The van der Waals surface area contributed by atoms with E-state index in [2.05, 4.69) is 10.1 Å². The molecule has 110 valence electrons. The van der Waals surface area contributed by atoms with Crippen molar-refractivity contribution in [3.63, 3.8) is 0 Å². The van der Waals surface area contributed by atoms with Crippen molar-refractivity contribution < 1.29 is 24.5 Å². The average molecular weight is 274 g/mol. The number of aliphatic hydroxyl groups excluding tert-OH is 1. The Kier molecular flexibility index (Phi) is 6.58. The third-order valence-corrected chi connectivity index (χ3v) is 3.25. The van der Waals surface area contributed by atoms with Crippen LogP contribution in [0.4, 0.5) is 4.79 Å². The van der Waals surface area contributed by atoms with Gasteiger partial charge in [0.15, 0.2) is 0 Å². The van der Waals surface area contributed by atoms with Crippen LogP contribution in [0.1, 0.15) is 19.3 Å². The number of carbonyl (C=O) groups excluding carboxylic acids is 1. The SMILES string of the molecule is COC(=O)NC1CC(CCCO)CN(CC(=O)O)C1. The van der Waals surface area contributed by atoms with Crippen LogP contribution < -0.4 is 5.32 Å². The molecule has 2 unspecified atom stereocenters. The zero-order chi connectivity index (χ0) is 14.3. The van der Waals surface area contributed by atoms with Crippen molar-refractivity contribution in [2.45, 2.75) is 25.3 Å². The minimum Gasteiger partial charge on any atom is -0.480 e. The summed E-state index contributed by atoms with van der Waals surface area (Å²) in [6.07, 6.45) is 1.80. The summed E-state index contributed by atoms with van der Waals surface area (Å²) in [6, 6.07) is -0.107. The van der Waals surface area contributed by atoms with Crippen molar-refractivity contribution in [2.75, 3.05) is 33.4 Å². The Bertz CT molecular complexity index is 310. The molecular weight excluding hydrogens is 252 g/mol. The first-order valence-electron chi connectivity index (χ1n) is 6.44. The first-order chi connectivity index (χ1) is 9.05. The molecule has 1 saturated heterocycles. The minimum absolute atomic E-state index is 0.0328. The van der Waals surface area contributed by atoms with Crippen molar-refractivity contribution in [3.8, 4) is 0 Å². The quantitative estimate of drug-likeness (QED) is 0.625. The molecule has 2 atom stereocenters. The lowest BCUT2D eigenvalue weighted by Crippen LogP contribution is -2.52. The van der Waals surface area contributed by atoms with Crippen LogP contribution in [-0.2, 0) is 9.53 Å². The van der Waals surface area contributed by atoms with E-state index < -0.39 is 12.1 Å². The smallest absolute Gasteiger partial charge is 0.407 e. The number of piperidine rings is 1. The maximum absolute atomic E-state index is 11.2. The third kappa shape index (κ3) is 5.89. The molecule has 1 rings (SSSR count). The molecule has 1 aliphatic heterocycles. The standard InChI is InChI=1S/C12H22N2O5/c1-19-12(18)13-10-5-9(3-2-4-15)6-14(7-10)8-11(16)17/h9-10,15H,2-8H2,1H3,(H,13,18)(H,16,17). The molecule has 7 heteroatoms. The van der Waals surface area contributed by atoms with Gasteiger partial charge < -0.3 is 20.3 Å². The molecule has 7 nitrogen and oxygen atoms in total. The van der Waals surface area contributed by atoms with Crippen LogP contribution in [-0.4, -0.2) is 66.6 Å². The normalized spacial score (nSPS) is 23.9. The molecule has 0 spiro atoms. The number of carbonyl (C=O) groups is 2. The average Bonchev–Trinajstić information content (AvgIpc) is 2.35. The van der Waals surface area contributed by atoms with Crippen LogP contribution in [0.25, 0.3) is 0 Å². The molecule has 19 heavy (non-hydrogen) atoms. The Morgan fingerprint density at radius 1 is 1.42 bits per heavy atom. The third-order valence-electron chi connectivity index (χ3n) is 3.25. The van der Waals surface area contributed by atoms with Crippen LogP contribution in [0.2, 0.25) is 0 Å². The maximum Gasteiger partial charge on any atom is 0.407 e. The summed E-state index contributed by atoms with van der Waals surface area (Å²) in [6.45, 7) is 1.29. The van der Waals surface area contributed by atoms with Gasteiger partial charge in [0.05, 0.1) is 13.7 Å². The van der Waals surface area contributed by atoms with Gasteiger partial charge in [0, 0.05) is 25.7 Å². The Hall–Kier alpha value is -1.34. The van der Waals surface area contributed by atoms with Gasteiger partial charge in [-0.05, 0) is 25.2 Å². The summed E-state index contributed by atoms with van der Waals surface area (Å²) in [4.78, 5) is 23.8. The Balaban J connectivity index is 2.55. The van der Waals surface area contributed by atoms with Gasteiger partial charge in [0.2, 0.25) is 0 Å². The fourth-order valence-corrected chi connectivity index (χ4v) is 2.54. The maximum atomic E-state index is 11.2. The summed E-state index contributed by atoms with van der Waals surface area (Å²) in [7, 11) is 1.30. The topological polar surface area (TPSA) is 99.1 Å². The highest BCUT2D eigenvalue weighted by Gasteiger charge is 2.29. The highest BCUT2D eigenvalue weighted by atomic mass is 16.5. The Labute approximate surface area is 112 Å². The number of carboxylic acid groups (broad SMARTS) is 1. The molecule has 1 amide bonds. The van der Waals surface area contributed by atoms with E-state index in [1.807, 2.05) is 4.90 Å². The molecule has 1 heterocycles. The summed E-state index contributed by atoms with van der Waals surface area (Å²) in [5.41, 5.74) is 0. The van der Waals surface area contributed by atoms with E-state index in [1.54, 1.807) is 0 Å². The van der Waals surface area contributed by atoms with E-state index in [1.165, 1.54) is 7.11 Å². The fraction of sp³-hybridized carbons (Fsp3) is 0.833. The van der Waals surface area contributed by atoms with Gasteiger partial charge in [0.1, 0.15) is 0 Å². The lowest BCUT2D eigenvalue weighted by atomic mass is 9.90. The minimum atomic E-state index is -0.875. The zero-order valence-electron chi connectivity index (χ0n) is 11.2. The molecule has 0 aliphatic carbocycles. The summed E-state index contributed by atoms with van der Waals surface area (Å²) in [5.74, 6) is -0.595. The van der Waals surface area contributed by atoms with Gasteiger partial charge in [-0.15, -0.1) is 0 Å². The molecule has 0 bridgehead atoms. The lowest BCUT2D eigenvalue weighted by Gasteiger charge is -2.37. The Morgan fingerprint density at radius 2 is 2.16 bits per heavy atom. The second-order valence-electron chi connectivity index (χ2n) is 4.89. The van der Waals surface area contributed by atoms with Crippen molar-refractivity contribution in [1.29, 1.82) is 0 Å². The van der Waals surface area contributed by atoms with Crippen LogP contribution in [0.3, 0.4) is 0 Å². The Morgan fingerprint density at radius 3 is 2.74 bits per heavy atom. The number of aliphatic carboxylic acids is 1. The molecule has 1 fully saturated rings. The number of aliphatic hydroxyl groups is 1. The number of alkyl carbamates (subject to hydrolysis) is 1. The van der Waals surface area contributed by atoms with Crippen LogP contribution in [0, 0.1) is 5.92 Å². The molecule has 0 saturated carbocycles. The highest BCUT2D eigenvalue weighted by molar-refractivity contribution is 5.69. The lowest BCUT2D eigenvalue weighted by molar-refractivity contribution is -0.138. The number of likely N-dealkylation sites (tertiary alicyclic amines) is 1. The second kappa shape index (κ2) is 7.96. The van der Waals surface area contributed by atoms with Crippen molar-refractivity contribution in [3.05, 3.63) is 0 Å². The first-order valence-corrected chi connectivity index (χ1v) is 6.44. The van der Waals surface area contributed by atoms with Gasteiger partial charge in [-0.3, -0.25) is 9.69 Å². The second-order valence-corrected chi connectivity index (χ2v) is 4.89. The molecule has 0 aromatic heterocycles. The number of amides is 1. The highest BCUT2D eigenvalue weighted by Crippen LogP contribution is 2.21. The molecule has 0 aromatic rings. The van der Waals surface area contributed by atoms with E-state index in [-0.39, 0.29) is 25.1 Å². The monoisotopic (exact) mass is 274 g/mol. The number of ether oxygens (including phenoxy) is 1. The van der Waals surface area contributed by atoms with Crippen molar-refractivity contribution >= 4 is 12.1 Å².